The molecule has 1 aromatic carbocycles. The molecular weight excluding hydrogens is 548 g/mol. The van der Waals surface area contributed by atoms with Crippen LogP contribution < -0.4 is 4.74 Å². The van der Waals surface area contributed by atoms with Gasteiger partial charge >= 0.3 is 23.9 Å². The summed E-state index contributed by atoms with van der Waals surface area (Å²) in [6.07, 6.45) is 2.24. The van der Waals surface area contributed by atoms with E-state index in [9.17, 15) is 29.4 Å². The number of hydrogen-bond donors (Lipinski definition) is 2. The highest BCUT2D eigenvalue weighted by Gasteiger charge is 2.28. The van der Waals surface area contributed by atoms with Crippen LogP contribution in [0.15, 0.2) is 24.3 Å². The molecule has 1 heterocycles. The number of unbranched alkanes of at least 4 members (excludes halogenated alkanes) is 1. The highest BCUT2D eigenvalue weighted by molar-refractivity contribution is 5.74. The van der Waals surface area contributed by atoms with E-state index in [0.29, 0.717) is 59.0 Å². The smallest absolute Gasteiger partial charge is 0.321 e. The lowest BCUT2D eigenvalue weighted by atomic mass is 10.0. The van der Waals surface area contributed by atoms with Crippen LogP contribution in [0.3, 0.4) is 0 Å². The average Bonchev–Trinajstić information content (AvgIpc) is 2.96. The lowest BCUT2D eigenvalue weighted by molar-refractivity contribution is -0.145. The maximum absolute atomic E-state index is 12.6. The molecule has 1 unspecified atom stereocenters. The molecule has 1 atom stereocenters. The first-order chi connectivity index (χ1) is 20.1. The lowest BCUT2D eigenvalue weighted by Gasteiger charge is -2.35. The highest BCUT2D eigenvalue weighted by atomic mass is 16.5. The third-order valence-electron chi connectivity index (χ3n) is 7.24. The fourth-order valence-corrected chi connectivity index (χ4v) is 4.68. The standard InChI is InChI=1S/C29H46N4O9/c1-4-5-18-42-24-8-6-23(7-9-24)19-25(29(38)39)33-16-14-31(21-27(36)40-2)12-10-30(20-26(34)35)11-13-32(15-17-33)22-28(37)41-3/h6-9,25H,4-5,10-22H2,1-3H3,(H,34,35)(H,38,39). The number of nitrogens with zero attached hydrogens (tertiary/aromatic N) is 4. The van der Waals surface area contributed by atoms with Gasteiger partial charge in [0.15, 0.2) is 0 Å². The Morgan fingerprint density at radius 1 is 0.762 bits per heavy atom. The van der Waals surface area contributed by atoms with Gasteiger partial charge in [-0.15, -0.1) is 0 Å². The highest BCUT2D eigenvalue weighted by Crippen LogP contribution is 2.17. The molecule has 0 bridgehead atoms. The molecule has 1 aromatic rings. The molecule has 1 aliphatic rings. The summed E-state index contributed by atoms with van der Waals surface area (Å²) in [5, 5.41) is 19.7. The van der Waals surface area contributed by atoms with E-state index in [4.69, 9.17) is 14.2 Å². The van der Waals surface area contributed by atoms with Crippen molar-refractivity contribution in [2.75, 3.05) is 92.8 Å². The van der Waals surface area contributed by atoms with E-state index >= 15 is 0 Å². The van der Waals surface area contributed by atoms with Crippen LogP contribution in [0.25, 0.3) is 0 Å². The molecule has 1 fully saturated rings. The zero-order valence-electron chi connectivity index (χ0n) is 25.0. The SMILES string of the molecule is CCCCOc1ccc(CC(C(=O)O)N2CCN(CC(=O)OC)CCN(CC(=O)O)CCN(CC(=O)OC)CC2)cc1. The second kappa shape index (κ2) is 19.0. The Balaban J connectivity index is 2.28. The van der Waals surface area contributed by atoms with Gasteiger partial charge in [-0.05, 0) is 30.5 Å². The number of rotatable bonds is 14. The molecule has 42 heavy (non-hydrogen) atoms. The fraction of sp³-hybridized carbons (Fsp3) is 0.655. The summed E-state index contributed by atoms with van der Waals surface area (Å²) >= 11 is 0. The van der Waals surface area contributed by atoms with Crippen molar-refractivity contribution >= 4 is 23.9 Å². The van der Waals surface area contributed by atoms with Crippen LogP contribution in [0.2, 0.25) is 0 Å². The summed E-state index contributed by atoms with van der Waals surface area (Å²) in [6.45, 7) is 5.40. The molecule has 0 aromatic heterocycles. The number of aliphatic carboxylic acids is 2. The minimum atomic E-state index is -0.975. The maximum atomic E-state index is 12.6. The predicted molar refractivity (Wildman–Crippen MR) is 155 cm³/mol. The van der Waals surface area contributed by atoms with Gasteiger partial charge in [0.25, 0.3) is 0 Å². The van der Waals surface area contributed by atoms with Gasteiger partial charge in [0, 0.05) is 52.4 Å². The van der Waals surface area contributed by atoms with Crippen molar-refractivity contribution < 1.29 is 43.6 Å². The summed E-state index contributed by atoms with van der Waals surface area (Å²) in [5.41, 5.74) is 0.846. The van der Waals surface area contributed by atoms with Gasteiger partial charge in [0.2, 0.25) is 0 Å². The number of esters is 2. The Morgan fingerprint density at radius 2 is 1.24 bits per heavy atom. The van der Waals surface area contributed by atoms with Gasteiger partial charge in [-0.25, -0.2) is 0 Å². The zero-order chi connectivity index (χ0) is 30.9. The van der Waals surface area contributed by atoms with E-state index in [-0.39, 0.29) is 26.1 Å². The van der Waals surface area contributed by atoms with Gasteiger partial charge in [0.05, 0.1) is 40.5 Å². The molecule has 13 heteroatoms. The number of methoxy groups -OCH3 is 2. The first-order valence-corrected chi connectivity index (χ1v) is 14.4. The average molecular weight is 595 g/mol. The first kappa shape index (κ1) is 34.9. The molecular formula is C29H46N4O9. The number of carboxylic acid groups (broad SMARTS) is 2. The Labute approximate surface area is 247 Å². The van der Waals surface area contributed by atoms with Gasteiger partial charge in [-0.3, -0.25) is 38.8 Å². The predicted octanol–water partition coefficient (Wildman–Crippen LogP) is 0.513. The van der Waals surface area contributed by atoms with Crippen molar-refractivity contribution in [3.05, 3.63) is 29.8 Å². The third kappa shape index (κ3) is 13.1. The minimum absolute atomic E-state index is 0.00303. The quantitative estimate of drug-likeness (QED) is 0.228. The van der Waals surface area contributed by atoms with E-state index in [1.807, 2.05) is 39.0 Å². The van der Waals surface area contributed by atoms with Crippen molar-refractivity contribution in [3.63, 3.8) is 0 Å². The zero-order valence-corrected chi connectivity index (χ0v) is 25.0. The molecule has 1 aliphatic heterocycles. The second-order valence-corrected chi connectivity index (χ2v) is 10.3. The largest absolute Gasteiger partial charge is 0.494 e. The molecule has 236 valence electrons. The van der Waals surface area contributed by atoms with Crippen molar-refractivity contribution in [3.8, 4) is 5.75 Å². The van der Waals surface area contributed by atoms with E-state index in [2.05, 4.69) is 6.92 Å². The minimum Gasteiger partial charge on any atom is -0.494 e. The van der Waals surface area contributed by atoms with Crippen LogP contribution in [0.4, 0.5) is 0 Å². The maximum Gasteiger partial charge on any atom is 0.321 e. The Bertz CT molecular complexity index is 958. The normalized spacial score (nSPS) is 17.4. The summed E-state index contributed by atoms with van der Waals surface area (Å²) < 4.78 is 15.4. The Morgan fingerprint density at radius 3 is 1.67 bits per heavy atom. The van der Waals surface area contributed by atoms with Crippen LogP contribution in [-0.2, 0) is 35.1 Å². The molecule has 2 rings (SSSR count). The molecule has 1 saturated heterocycles. The molecule has 0 amide bonds. The van der Waals surface area contributed by atoms with Crippen LogP contribution in [0, 0.1) is 0 Å². The summed E-state index contributed by atoms with van der Waals surface area (Å²) in [5.74, 6) is -2.08. The molecule has 2 N–H and O–H groups in total. The van der Waals surface area contributed by atoms with E-state index in [1.54, 1.807) is 4.90 Å². The summed E-state index contributed by atoms with van der Waals surface area (Å²) in [6, 6.07) is 6.58. The third-order valence-corrected chi connectivity index (χ3v) is 7.24. The van der Waals surface area contributed by atoms with Gasteiger partial charge in [-0.1, -0.05) is 25.5 Å². The molecule has 0 aliphatic carbocycles. The van der Waals surface area contributed by atoms with Crippen LogP contribution in [-0.4, -0.2) is 153 Å². The number of hydrogen-bond acceptors (Lipinski definition) is 11. The van der Waals surface area contributed by atoms with Gasteiger partial charge in [-0.2, -0.15) is 0 Å². The summed E-state index contributed by atoms with van der Waals surface area (Å²) in [4.78, 5) is 55.6. The lowest BCUT2D eigenvalue weighted by Crippen LogP contribution is -2.52. The number of carbonyl (C=O) groups excluding carboxylic acids is 2. The monoisotopic (exact) mass is 594 g/mol. The van der Waals surface area contributed by atoms with Gasteiger partial charge in [0.1, 0.15) is 11.8 Å². The van der Waals surface area contributed by atoms with Crippen molar-refractivity contribution in [1.29, 1.82) is 0 Å². The molecule has 0 spiro atoms. The second-order valence-electron chi connectivity index (χ2n) is 10.3. The Hall–Kier alpha value is -3.26. The summed E-state index contributed by atoms with van der Waals surface area (Å²) in [7, 11) is 2.61. The van der Waals surface area contributed by atoms with Crippen LogP contribution in [0.1, 0.15) is 25.3 Å². The van der Waals surface area contributed by atoms with Crippen molar-refractivity contribution in [1.82, 2.24) is 19.6 Å². The van der Waals surface area contributed by atoms with Crippen molar-refractivity contribution in [2.45, 2.75) is 32.2 Å². The van der Waals surface area contributed by atoms with Crippen molar-refractivity contribution in [2.24, 2.45) is 0 Å². The number of carboxylic acids is 2. The number of benzene rings is 1. The Kier molecular flexibility index (Phi) is 15.8. The van der Waals surface area contributed by atoms with E-state index in [1.165, 1.54) is 14.2 Å². The molecule has 13 nitrogen and oxygen atoms in total. The molecule has 0 radical (unpaired) electrons. The van der Waals surface area contributed by atoms with E-state index in [0.717, 1.165) is 24.2 Å². The first-order valence-electron chi connectivity index (χ1n) is 14.4. The number of ether oxygens (including phenoxy) is 3. The number of carbonyl (C=O) groups is 4. The van der Waals surface area contributed by atoms with E-state index < -0.39 is 29.9 Å². The topological polar surface area (TPSA) is 149 Å². The molecule has 0 saturated carbocycles. The fourth-order valence-electron chi connectivity index (χ4n) is 4.68. The van der Waals surface area contributed by atoms with Crippen LogP contribution in [0.5, 0.6) is 5.75 Å². The van der Waals surface area contributed by atoms with Gasteiger partial charge < -0.3 is 24.4 Å². The van der Waals surface area contributed by atoms with Crippen LogP contribution >= 0.6 is 0 Å².